The zero-order valence-corrected chi connectivity index (χ0v) is 14.8. The molecule has 1 atom stereocenters. The van der Waals surface area contributed by atoms with Crippen LogP contribution >= 0.6 is 15.9 Å². The molecule has 0 amide bonds. The third-order valence-corrected chi connectivity index (χ3v) is 4.87. The summed E-state index contributed by atoms with van der Waals surface area (Å²) in [6, 6.07) is 15.3. The minimum absolute atomic E-state index is 0.0274. The van der Waals surface area contributed by atoms with E-state index in [0.29, 0.717) is 23.8 Å². The van der Waals surface area contributed by atoms with E-state index in [9.17, 15) is 4.79 Å². The molecule has 1 fully saturated rings. The molecule has 0 saturated carbocycles. The lowest BCUT2D eigenvalue weighted by atomic mass is 10.0. The van der Waals surface area contributed by atoms with E-state index in [0.717, 1.165) is 16.8 Å². The van der Waals surface area contributed by atoms with Crippen LogP contribution in [0.4, 0.5) is 0 Å². The van der Waals surface area contributed by atoms with Crippen LogP contribution in [-0.4, -0.2) is 36.9 Å². The van der Waals surface area contributed by atoms with Crippen LogP contribution in [0.2, 0.25) is 0 Å². The summed E-state index contributed by atoms with van der Waals surface area (Å²) in [4.78, 5) is 14.8. The van der Waals surface area contributed by atoms with Crippen LogP contribution in [0.5, 0.6) is 5.75 Å². The minimum atomic E-state index is 0.0274. The van der Waals surface area contributed by atoms with Crippen molar-refractivity contribution in [3.63, 3.8) is 0 Å². The predicted octanol–water partition coefficient (Wildman–Crippen LogP) is 4.15. The van der Waals surface area contributed by atoms with Gasteiger partial charge in [0.05, 0.1) is 0 Å². The number of benzene rings is 2. The van der Waals surface area contributed by atoms with Gasteiger partial charge in [0.25, 0.3) is 0 Å². The molecular formula is C19H20BrNO2. The summed E-state index contributed by atoms with van der Waals surface area (Å²) in [5.74, 6) is 0.845. The molecule has 0 bridgehead atoms. The van der Waals surface area contributed by atoms with E-state index >= 15 is 0 Å². The number of likely N-dealkylation sites (N-methyl/N-ethyl adjacent to an activating group) is 1. The number of ketones is 1. The van der Waals surface area contributed by atoms with E-state index in [-0.39, 0.29) is 5.78 Å². The molecule has 23 heavy (non-hydrogen) atoms. The second-order valence-electron chi connectivity index (χ2n) is 5.95. The van der Waals surface area contributed by atoms with E-state index in [2.05, 4.69) is 27.9 Å². The summed E-state index contributed by atoms with van der Waals surface area (Å²) in [5.41, 5.74) is 1.37. The van der Waals surface area contributed by atoms with Gasteiger partial charge in [-0.05, 0) is 75.0 Å². The molecule has 4 heteroatoms. The summed E-state index contributed by atoms with van der Waals surface area (Å²) >= 11 is 3.38. The maximum Gasteiger partial charge on any atom is 0.193 e. The van der Waals surface area contributed by atoms with Crippen LogP contribution in [0.25, 0.3) is 0 Å². The van der Waals surface area contributed by atoms with Gasteiger partial charge < -0.3 is 9.64 Å². The minimum Gasteiger partial charge on any atom is -0.492 e. The molecule has 1 saturated heterocycles. The molecule has 1 aliphatic heterocycles. The van der Waals surface area contributed by atoms with Gasteiger partial charge in [-0.1, -0.05) is 15.9 Å². The molecule has 120 valence electrons. The Morgan fingerprint density at radius 3 is 2.30 bits per heavy atom. The smallest absolute Gasteiger partial charge is 0.193 e. The van der Waals surface area contributed by atoms with Gasteiger partial charge >= 0.3 is 0 Å². The summed E-state index contributed by atoms with van der Waals surface area (Å²) in [6.07, 6.45) is 2.43. The average Bonchev–Trinajstić information content (AvgIpc) is 2.99. The van der Waals surface area contributed by atoms with Gasteiger partial charge in [-0.15, -0.1) is 0 Å². The number of rotatable bonds is 5. The zero-order chi connectivity index (χ0) is 16.2. The fraction of sp³-hybridized carbons (Fsp3) is 0.316. The number of nitrogens with zero attached hydrogens (tertiary/aromatic N) is 1. The molecule has 1 aliphatic rings. The summed E-state index contributed by atoms with van der Waals surface area (Å²) < 4.78 is 6.82. The molecule has 0 aromatic heterocycles. The SMILES string of the molecule is CN1CCC[C@@H]1COc1ccc(C(=O)c2ccc(Br)cc2)cc1. The number of ether oxygens (including phenoxy) is 1. The van der Waals surface area contributed by atoms with E-state index in [4.69, 9.17) is 4.74 Å². The summed E-state index contributed by atoms with van der Waals surface area (Å²) in [6.45, 7) is 1.85. The first kappa shape index (κ1) is 16.2. The lowest BCUT2D eigenvalue weighted by molar-refractivity contribution is 0.103. The highest BCUT2D eigenvalue weighted by atomic mass is 79.9. The maximum atomic E-state index is 12.4. The van der Waals surface area contributed by atoms with Crippen molar-refractivity contribution >= 4 is 21.7 Å². The van der Waals surface area contributed by atoms with Crippen molar-refractivity contribution in [1.29, 1.82) is 0 Å². The zero-order valence-electron chi connectivity index (χ0n) is 13.2. The Kier molecular flexibility index (Phi) is 5.13. The van der Waals surface area contributed by atoms with Crippen molar-refractivity contribution in [3.05, 3.63) is 64.1 Å². The largest absolute Gasteiger partial charge is 0.492 e. The van der Waals surface area contributed by atoms with Crippen LogP contribution in [0.1, 0.15) is 28.8 Å². The lowest BCUT2D eigenvalue weighted by Gasteiger charge is -2.19. The van der Waals surface area contributed by atoms with Gasteiger partial charge in [-0.2, -0.15) is 0 Å². The van der Waals surface area contributed by atoms with E-state index in [1.54, 1.807) is 0 Å². The van der Waals surface area contributed by atoms with E-state index in [1.165, 1.54) is 12.8 Å². The normalized spacial score (nSPS) is 18.1. The van der Waals surface area contributed by atoms with Crippen molar-refractivity contribution in [1.82, 2.24) is 4.90 Å². The molecule has 2 aromatic carbocycles. The van der Waals surface area contributed by atoms with Gasteiger partial charge in [0.15, 0.2) is 5.78 Å². The highest BCUT2D eigenvalue weighted by Gasteiger charge is 2.21. The molecular weight excluding hydrogens is 354 g/mol. The highest BCUT2D eigenvalue weighted by Crippen LogP contribution is 2.20. The first-order valence-electron chi connectivity index (χ1n) is 7.87. The number of carbonyl (C=O) groups excluding carboxylic acids is 1. The Morgan fingerprint density at radius 2 is 1.74 bits per heavy atom. The average molecular weight is 374 g/mol. The fourth-order valence-corrected chi connectivity index (χ4v) is 3.12. The number of hydrogen-bond donors (Lipinski definition) is 0. The maximum absolute atomic E-state index is 12.4. The van der Waals surface area contributed by atoms with Crippen LogP contribution in [-0.2, 0) is 0 Å². The van der Waals surface area contributed by atoms with Crippen molar-refractivity contribution in [2.24, 2.45) is 0 Å². The molecule has 0 N–H and O–H groups in total. The van der Waals surface area contributed by atoms with Crippen LogP contribution in [0, 0.1) is 0 Å². The Bertz CT molecular complexity index is 667. The molecule has 2 aromatic rings. The molecule has 0 aliphatic carbocycles. The predicted molar refractivity (Wildman–Crippen MR) is 95.2 cm³/mol. The quantitative estimate of drug-likeness (QED) is 0.737. The molecule has 3 nitrogen and oxygen atoms in total. The van der Waals surface area contributed by atoms with Gasteiger partial charge in [0, 0.05) is 21.6 Å². The van der Waals surface area contributed by atoms with Crippen LogP contribution < -0.4 is 4.74 Å². The highest BCUT2D eigenvalue weighted by molar-refractivity contribution is 9.10. The van der Waals surface area contributed by atoms with Gasteiger partial charge in [-0.25, -0.2) is 0 Å². The third-order valence-electron chi connectivity index (χ3n) is 4.34. The number of likely N-dealkylation sites (tertiary alicyclic amines) is 1. The molecule has 0 radical (unpaired) electrons. The number of halogens is 1. The standard InChI is InChI=1S/C19H20BrNO2/c1-21-12-2-3-17(21)13-23-18-10-6-15(7-11-18)19(22)14-4-8-16(20)9-5-14/h4-11,17H,2-3,12-13H2,1H3/t17-/m1/s1. The fourth-order valence-electron chi connectivity index (χ4n) is 2.85. The van der Waals surface area contributed by atoms with Gasteiger partial charge in [0.1, 0.15) is 12.4 Å². The molecule has 0 spiro atoms. The van der Waals surface area contributed by atoms with Crippen LogP contribution in [0.3, 0.4) is 0 Å². The number of hydrogen-bond acceptors (Lipinski definition) is 3. The Balaban J connectivity index is 1.62. The Labute approximate surface area is 145 Å². The van der Waals surface area contributed by atoms with E-state index in [1.807, 2.05) is 48.5 Å². The second kappa shape index (κ2) is 7.28. The van der Waals surface area contributed by atoms with Crippen molar-refractivity contribution in [2.75, 3.05) is 20.2 Å². The van der Waals surface area contributed by atoms with Gasteiger partial charge in [0.2, 0.25) is 0 Å². The Hall–Kier alpha value is -1.65. The van der Waals surface area contributed by atoms with Crippen molar-refractivity contribution in [3.8, 4) is 5.75 Å². The summed E-state index contributed by atoms with van der Waals surface area (Å²) in [5, 5.41) is 0. The third kappa shape index (κ3) is 4.01. The molecule has 1 heterocycles. The van der Waals surface area contributed by atoms with Crippen LogP contribution in [0.15, 0.2) is 53.0 Å². The van der Waals surface area contributed by atoms with E-state index < -0.39 is 0 Å². The molecule has 0 unspecified atom stereocenters. The second-order valence-corrected chi connectivity index (χ2v) is 6.86. The lowest BCUT2D eigenvalue weighted by Crippen LogP contribution is -2.30. The van der Waals surface area contributed by atoms with Crippen molar-refractivity contribution in [2.45, 2.75) is 18.9 Å². The monoisotopic (exact) mass is 373 g/mol. The van der Waals surface area contributed by atoms with Crippen molar-refractivity contribution < 1.29 is 9.53 Å². The Morgan fingerprint density at radius 1 is 1.13 bits per heavy atom. The first-order chi connectivity index (χ1) is 11.1. The number of carbonyl (C=O) groups is 1. The molecule has 3 rings (SSSR count). The summed E-state index contributed by atoms with van der Waals surface area (Å²) in [7, 11) is 2.14. The first-order valence-corrected chi connectivity index (χ1v) is 8.66. The topological polar surface area (TPSA) is 29.5 Å². The van der Waals surface area contributed by atoms with Gasteiger partial charge in [-0.3, -0.25) is 4.79 Å².